The van der Waals surface area contributed by atoms with Crippen LogP contribution in [0.5, 0.6) is 0 Å². The highest BCUT2D eigenvalue weighted by molar-refractivity contribution is 7.99. The number of rotatable bonds is 2. The molecule has 0 aromatic rings. The molecule has 1 rings (SSSR count). The molecule has 62 valence electrons. The number of carbonyl (C=O) groups is 1. The largest absolute Gasteiger partial charge is 0.298 e. The van der Waals surface area contributed by atoms with Crippen molar-refractivity contribution >= 4 is 23.5 Å². The smallest absolute Gasteiger partial charge is 0.237 e. The predicted molar refractivity (Wildman–Crippen MR) is 48.1 cm³/mol. The molecule has 0 aromatic heterocycles. The Morgan fingerprint density at radius 3 is 3.00 bits per heavy atom. The van der Waals surface area contributed by atoms with Crippen molar-refractivity contribution in [3.05, 3.63) is 0 Å². The Labute approximate surface area is 70.9 Å². The molecule has 4 heteroatoms. The summed E-state index contributed by atoms with van der Waals surface area (Å²) in [5, 5.41) is 0. The molecule has 0 fully saturated rings. The maximum atomic E-state index is 11.3. The van der Waals surface area contributed by atoms with Crippen LogP contribution in [0.4, 0.5) is 0 Å². The molecule has 0 radical (unpaired) electrons. The number of amides is 1. The van der Waals surface area contributed by atoms with Gasteiger partial charge in [0.25, 0.3) is 0 Å². The average Bonchev–Trinajstić information content (AvgIpc) is 2.36. The SMILES string of the molecule is CSCC(=O)N1CCN=C1C. The molecular formula is C7H12N2OS. The average molecular weight is 172 g/mol. The molecule has 0 atom stereocenters. The van der Waals surface area contributed by atoms with Gasteiger partial charge in [-0.25, -0.2) is 0 Å². The minimum absolute atomic E-state index is 0.177. The number of hydrogen-bond donors (Lipinski definition) is 0. The van der Waals surface area contributed by atoms with Crippen molar-refractivity contribution in [1.82, 2.24) is 4.90 Å². The van der Waals surface area contributed by atoms with Crippen LogP contribution >= 0.6 is 11.8 Å². The second-order valence-electron chi connectivity index (χ2n) is 2.41. The number of amidine groups is 1. The Balaban J connectivity index is 2.48. The van der Waals surface area contributed by atoms with Gasteiger partial charge in [0.1, 0.15) is 5.84 Å². The standard InChI is InChI=1S/C7H12N2OS/c1-6-8-3-4-9(6)7(10)5-11-2/h3-5H2,1-2H3. The summed E-state index contributed by atoms with van der Waals surface area (Å²) in [5.41, 5.74) is 0. The van der Waals surface area contributed by atoms with Crippen LogP contribution < -0.4 is 0 Å². The van der Waals surface area contributed by atoms with E-state index >= 15 is 0 Å². The van der Waals surface area contributed by atoms with Crippen LogP contribution in [0.15, 0.2) is 4.99 Å². The van der Waals surface area contributed by atoms with Crippen LogP contribution in [0.3, 0.4) is 0 Å². The van der Waals surface area contributed by atoms with Gasteiger partial charge in [0.2, 0.25) is 5.91 Å². The van der Waals surface area contributed by atoms with Gasteiger partial charge in [0.15, 0.2) is 0 Å². The summed E-state index contributed by atoms with van der Waals surface area (Å²) in [6, 6.07) is 0. The first-order chi connectivity index (χ1) is 5.25. The molecule has 1 amide bonds. The lowest BCUT2D eigenvalue weighted by molar-refractivity contribution is -0.124. The van der Waals surface area contributed by atoms with E-state index in [1.807, 2.05) is 13.2 Å². The van der Waals surface area contributed by atoms with Gasteiger partial charge in [0, 0.05) is 6.54 Å². The Morgan fingerprint density at radius 2 is 2.55 bits per heavy atom. The third-order valence-corrected chi connectivity index (χ3v) is 2.16. The summed E-state index contributed by atoms with van der Waals surface area (Å²) in [6.07, 6.45) is 1.93. The zero-order chi connectivity index (χ0) is 8.27. The lowest BCUT2D eigenvalue weighted by Gasteiger charge is -2.14. The Hall–Kier alpha value is -0.510. The zero-order valence-corrected chi connectivity index (χ0v) is 7.65. The first kappa shape index (κ1) is 8.59. The second kappa shape index (κ2) is 3.76. The molecule has 1 heterocycles. The maximum absolute atomic E-state index is 11.3. The fraction of sp³-hybridized carbons (Fsp3) is 0.714. The molecule has 0 saturated heterocycles. The van der Waals surface area contributed by atoms with E-state index in [2.05, 4.69) is 4.99 Å². The molecule has 1 aliphatic rings. The summed E-state index contributed by atoms with van der Waals surface area (Å²) in [7, 11) is 0. The number of nitrogens with zero attached hydrogens (tertiary/aromatic N) is 2. The van der Waals surface area contributed by atoms with E-state index in [0.29, 0.717) is 5.75 Å². The van der Waals surface area contributed by atoms with Gasteiger partial charge in [-0.1, -0.05) is 0 Å². The van der Waals surface area contributed by atoms with E-state index in [-0.39, 0.29) is 5.91 Å². The Morgan fingerprint density at radius 1 is 1.82 bits per heavy atom. The molecule has 0 bridgehead atoms. The van der Waals surface area contributed by atoms with Gasteiger partial charge in [-0.2, -0.15) is 11.8 Å². The second-order valence-corrected chi connectivity index (χ2v) is 3.27. The van der Waals surface area contributed by atoms with Crippen molar-refractivity contribution in [2.24, 2.45) is 4.99 Å². The van der Waals surface area contributed by atoms with E-state index in [1.165, 1.54) is 0 Å². The van der Waals surface area contributed by atoms with E-state index in [9.17, 15) is 4.79 Å². The first-order valence-corrected chi connectivity index (χ1v) is 4.95. The highest BCUT2D eigenvalue weighted by Crippen LogP contribution is 2.04. The molecule has 3 nitrogen and oxygen atoms in total. The van der Waals surface area contributed by atoms with Crippen molar-refractivity contribution in [3.8, 4) is 0 Å². The monoisotopic (exact) mass is 172 g/mol. The van der Waals surface area contributed by atoms with Gasteiger partial charge in [0.05, 0.1) is 12.3 Å². The number of hydrogen-bond acceptors (Lipinski definition) is 3. The third kappa shape index (κ3) is 1.96. The molecule has 0 unspecified atom stereocenters. The number of aliphatic imine (C=N–C) groups is 1. The van der Waals surface area contributed by atoms with Gasteiger partial charge in [-0.05, 0) is 13.2 Å². The van der Waals surface area contributed by atoms with Crippen molar-refractivity contribution < 1.29 is 4.79 Å². The highest BCUT2D eigenvalue weighted by atomic mass is 32.2. The summed E-state index contributed by atoms with van der Waals surface area (Å²) in [6.45, 7) is 3.42. The highest BCUT2D eigenvalue weighted by Gasteiger charge is 2.18. The van der Waals surface area contributed by atoms with Crippen LogP contribution in [0.1, 0.15) is 6.92 Å². The van der Waals surface area contributed by atoms with Crippen LogP contribution in [-0.2, 0) is 4.79 Å². The van der Waals surface area contributed by atoms with Crippen molar-refractivity contribution in [2.75, 3.05) is 25.1 Å². The van der Waals surface area contributed by atoms with Gasteiger partial charge < -0.3 is 0 Å². The van der Waals surface area contributed by atoms with E-state index in [0.717, 1.165) is 18.9 Å². The lowest BCUT2D eigenvalue weighted by atomic mass is 10.5. The van der Waals surface area contributed by atoms with Crippen molar-refractivity contribution in [3.63, 3.8) is 0 Å². The fourth-order valence-electron chi connectivity index (χ4n) is 1.07. The third-order valence-electron chi connectivity index (χ3n) is 1.62. The number of carbonyl (C=O) groups excluding carboxylic acids is 1. The summed E-state index contributed by atoms with van der Waals surface area (Å²) in [5.74, 6) is 1.60. The topological polar surface area (TPSA) is 32.7 Å². The summed E-state index contributed by atoms with van der Waals surface area (Å²) >= 11 is 1.55. The predicted octanol–water partition coefficient (Wildman–Crippen LogP) is 0.610. The van der Waals surface area contributed by atoms with Gasteiger partial charge in [-0.15, -0.1) is 0 Å². The normalized spacial score (nSPS) is 16.9. The summed E-state index contributed by atoms with van der Waals surface area (Å²) in [4.78, 5) is 17.2. The first-order valence-electron chi connectivity index (χ1n) is 3.56. The molecule has 11 heavy (non-hydrogen) atoms. The van der Waals surface area contributed by atoms with Gasteiger partial charge in [-0.3, -0.25) is 14.7 Å². The van der Waals surface area contributed by atoms with Crippen LogP contribution in [-0.4, -0.2) is 41.7 Å². The fourth-order valence-corrected chi connectivity index (χ4v) is 1.47. The molecule has 0 N–H and O–H groups in total. The van der Waals surface area contributed by atoms with Crippen molar-refractivity contribution in [1.29, 1.82) is 0 Å². The Kier molecular flexibility index (Phi) is 2.93. The maximum Gasteiger partial charge on any atom is 0.237 e. The quantitative estimate of drug-likeness (QED) is 0.611. The lowest BCUT2D eigenvalue weighted by Crippen LogP contribution is -2.33. The molecule has 0 saturated carbocycles. The van der Waals surface area contributed by atoms with Crippen molar-refractivity contribution in [2.45, 2.75) is 6.92 Å². The molecule has 0 aliphatic carbocycles. The number of thioether (sulfide) groups is 1. The minimum Gasteiger partial charge on any atom is -0.298 e. The summed E-state index contributed by atoms with van der Waals surface area (Å²) < 4.78 is 0. The molecule has 0 spiro atoms. The van der Waals surface area contributed by atoms with Gasteiger partial charge >= 0.3 is 0 Å². The minimum atomic E-state index is 0.177. The van der Waals surface area contributed by atoms with Crippen LogP contribution in [0.25, 0.3) is 0 Å². The Bertz CT molecular complexity index is 191. The molecule has 0 aromatic carbocycles. The van der Waals surface area contributed by atoms with Crippen LogP contribution in [0.2, 0.25) is 0 Å². The van der Waals surface area contributed by atoms with Crippen LogP contribution in [0, 0.1) is 0 Å². The zero-order valence-electron chi connectivity index (χ0n) is 6.83. The van der Waals surface area contributed by atoms with E-state index in [1.54, 1.807) is 16.7 Å². The van der Waals surface area contributed by atoms with E-state index in [4.69, 9.17) is 0 Å². The molecule has 1 aliphatic heterocycles. The van der Waals surface area contributed by atoms with E-state index < -0.39 is 0 Å². The molecular weight excluding hydrogens is 160 g/mol.